The molecule has 0 unspecified atom stereocenters. The molecule has 1 aromatic rings. The van der Waals surface area contributed by atoms with Gasteiger partial charge in [-0.05, 0) is 38.7 Å². The predicted octanol–water partition coefficient (Wildman–Crippen LogP) is 1.90. The molecule has 1 heterocycles. The Bertz CT molecular complexity index is 419. The normalized spacial score (nSPS) is 15.5. The van der Waals surface area contributed by atoms with E-state index in [0.29, 0.717) is 11.4 Å². The van der Waals surface area contributed by atoms with Crippen LogP contribution in [0.2, 0.25) is 0 Å². The van der Waals surface area contributed by atoms with Crippen LogP contribution in [0, 0.1) is 25.2 Å². The van der Waals surface area contributed by atoms with E-state index in [0.717, 1.165) is 24.1 Å². The van der Waals surface area contributed by atoms with Gasteiger partial charge in [0.1, 0.15) is 17.7 Å². The highest BCUT2D eigenvalue weighted by Gasteiger charge is 2.22. The molecule has 0 aliphatic heterocycles. The number of hydrogen-bond acceptors (Lipinski definition) is 4. The first-order valence-electron chi connectivity index (χ1n) is 5.13. The largest absolute Gasteiger partial charge is 0.472 e. The van der Waals surface area contributed by atoms with Crippen LogP contribution < -0.4 is 4.74 Å². The zero-order chi connectivity index (χ0) is 10.8. The summed E-state index contributed by atoms with van der Waals surface area (Å²) in [6, 6.07) is 2.13. The third-order valence-electron chi connectivity index (χ3n) is 2.86. The van der Waals surface area contributed by atoms with Crippen molar-refractivity contribution in [3.63, 3.8) is 0 Å². The third-order valence-corrected chi connectivity index (χ3v) is 2.86. The molecule has 0 spiro atoms. The Morgan fingerprint density at radius 2 is 2.07 bits per heavy atom. The highest BCUT2D eigenvalue weighted by molar-refractivity contribution is 5.44. The Morgan fingerprint density at radius 3 is 2.60 bits per heavy atom. The maximum absolute atomic E-state index is 9.03. The maximum atomic E-state index is 9.03. The number of aromatic nitrogens is 2. The van der Waals surface area contributed by atoms with Gasteiger partial charge in [0.15, 0.2) is 0 Å². The first-order chi connectivity index (χ1) is 7.22. The van der Waals surface area contributed by atoms with E-state index in [1.807, 2.05) is 13.8 Å². The van der Waals surface area contributed by atoms with Crippen molar-refractivity contribution in [2.24, 2.45) is 0 Å². The number of ether oxygens (including phenoxy) is 1. The van der Waals surface area contributed by atoms with E-state index in [2.05, 4.69) is 16.3 Å². The summed E-state index contributed by atoms with van der Waals surface area (Å²) in [5.74, 6) is 0.394. The fraction of sp³-hybridized carbons (Fsp3) is 0.545. The fourth-order valence-electron chi connectivity index (χ4n) is 1.45. The molecule has 1 aliphatic rings. The molecule has 15 heavy (non-hydrogen) atoms. The van der Waals surface area contributed by atoms with Crippen molar-refractivity contribution >= 4 is 0 Å². The Hall–Kier alpha value is -1.63. The maximum Gasteiger partial charge on any atom is 0.252 e. The first-order valence-corrected chi connectivity index (χ1v) is 5.13. The summed E-state index contributed by atoms with van der Waals surface area (Å²) in [6.07, 6.45) is 3.54. The third kappa shape index (κ3) is 1.78. The van der Waals surface area contributed by atoms with E-state index in [9.17, 15) is 0 Å². The van der Waals surface area contributed by atoms with Crippen LogP contribution in [0.5, 0.6) is 5.88 Å². The topological polar surface area (TPSA) is 58.8 Å². The van der Waals surface area contributed by atoms with E-state index in [1.54, 1.807) is 0 Å². The molecule has 0 radical (unpaired) electrons. The summed E-state index contributed by atoms with van der Waals surface area (Å²) in [5, 5.41) is 16.9. The van der Waals surface area contributed by atoms with Crippen LogP contribution in [-0.4, -0.2) is 16.3 Å². The van der Waals surface area contributed by atoms with Crippen LogP contribution in [0.3, 0.4) is 0 Å². The van der Waals surface area contributed by atoms with Crippen molar-refractivity contribution in [3.8, 4) is 11.9 Å². The van der Waals surface area contributed by atoms with Gasteiger partial charge in [-0.15, -0.1) is 5.10 Å². The summed E-state index contributed by atoms with van der Waals surface area (Å²) < 4.78 is 5.61. The van der Waals surface area contributed by atoms with Crippen LogP contribution >= 0.6 is 0 Å². The predicted molar refractivity (Wildman–Crippen MR) is 54.5 cm³/mol. The molecule has 0 aromatic carbocycles. The van der Waals surface area contributed by atoms with Gasteiger partial charge >= 0.3 is 0 Å². The number of rotatable bonds is 2. The highest BCUT2D eigenvalue weighted by atomic mass is 16.5. The minimum Gasteiger partial charge on any atom is -0.472 e. The van der Waals surface area contributed by atoms with Crippen molar-refractivity contribution in [2.75, 3.05) is 0 Å². The molecule has 1 aromatic heterocycles. The van der Waals surface area contributed by atoms with Crippen LogP contribution in [0.25, 0.3) is 0 Å². The van der Waals surface area contributed by atoms with Gasteiger partial charge in [0.05, 0.1) is 5.69 Å². The van der Waals surface area contributed by atoms with Crippen LogP contribution in [0.4, 0.5) is 0 Å². The average molecular weight is 203 g/mol. The Balaban J connectivity index is 2.30. The molecule has 0 bridgehead atoms. The number of aryl methyl sites for hydroxylation is 1. The summed E-state index contributed by atoms with van der Waals surface area (Å²) in [6.45, 7) is 3.71. The van der Waals surface area contributed by atoms with Gasteiger partial charge in [-0.3, -0.25) is 0 Å². The Morgan fingerprint density at radius 1 is 1.33 bits per heavy atom. The second-order valence-corrected chi connectivity index (χ2v) is 3.87. The minimum atomic E-state index is 0.230. The van der Waals surface area contributed by atoms with Gasteiger partial charge in [0, 0.05) is 0 Å². The molecule has 1 saturated carbocycles. The molecule has 1 fully saturated rings. The summed E-state index contributed by atoms with van der Waals surface area (Å²) in [5.41, 5.74) is 2.17. The molecule has 0 saturated heterocycles. The van der Waals surface area contributed by atoms with Crippen molar-refractivity contribution in [2.45, 2.75) is 39.2 Å². The van der Waals surface area contributed by atoms with Gasteiger partial charge < -0.3 is 4.74 Å². The molecule has 4 nitrogen and oxygen atoms in total. The molecule has 0 N–H and O–H groups in total. The molecular formula is C11H13N3O. The number of nitriles is 1. The zero-order valence-corrected chi connectivity index (χ0v) is 8.95. The summed E-state index contributed by atoms with van der Waals surface area (Å²) >= 11 is 0. The number of hydrogen-bond donors (Lipinski definition) is 0. The molecule has 0 amide bonds. The lowest BCUT2D eigenvalue weighted by Gasteiger charge is -2.26. The molecular weight excluding hydrogens is 190 g/mol. The summed E-state index contributed by atoms with van der Waals surface area (Å²) in [7, 11) is 0. The lowest BCUT2D eigenvalue weighted by Crippen LogP contribution is -2.25. The number of nitrogens with zero attached hydrogens (tertiary/aromatic N) is 3. The molecule has 0 atom stereocenters. The molecule has 4 heteroatoms. The van der Waals surface area contributed by atoms with Gasteiger partial charge in [-0.25, -0.2) is 0 Å². The van der Waals surface area contributed by atoms with E-state index in [4.69, 9.17) is 10.00 Å². The van der Waals surface area contributed by atoms with Gasteiger partial charge in [-0.2, -0.15) is 10.4 Å². The quantitative estimate of drug-likeness (QED) is 0.736. The van der Waals surface area contributed by atoms with E-state index < -0.39 is 0 Å². The summed E-state index contributed by atoms with van der Waals surface area (Å²) in [4.78, 5) is 0. The van der Waals surface area contributed by atoms with Crippen molar-refractivity contribution in [1.29, 1.82) is 5.26 Å². The lowest BCUT2D eigenvalue weighted by atomic mass is 9.96. The Labute approximate surface area is 88.9 Å². The standard InChI is InChI=1S/C11H13N3O/c1-7-8(2)13-14-11(10(7)6-12)15-9-4-3-5-9/h9H,3-5H2,1-2H3. The van der Waals surface area contributed by atoms with Crippen LogP contribution in [0.15, 0.2) is 0 Å². The monoisotopic (exact) mass is 203 g/mol. The van der Waals surface area contributed by atoms with Crippen LogP contribution in [-0.2, 0) is 0 Å². The molecule has 78 valence electrons. The first kappa shape index (κ1) is 9.91. The smallest absolute Gasteiger partial charge is 0.252 e. The fourth-order valence-corrected chi connectivity index (χ4v) is 1.45. The molecule has 2 rings (SSSR count). The van der Waals surface area contributed by atoms with Gasteiger partial charge in [-0.1, -0.05) is 0 Å². The van der Waals surface area contributed by atoms with Gasteiger partial charge in [0.2, 0.25) is 0 Å². The van der Waals surface area contributed by atoms with Crippen molar-refractivity contribution in [1.82, 2.24) is 10.2 Å². The van der Waals surface area contributed by atoms with E-state index in [-0.39, 0.29) is 6.10 Å². The lowest BCUT2D eigenvalue weighted by molar-refractivity contribution is 0.112. The van der Waals surface area contributed by atoms with E-state index >= 15 is 0 Å². The van der Waals surface area contributed by atoms with E-state index in [1.165, 1.54) is 6.42 Å². The van der Waals surface area contributed by atoms with Crippen molar-refractivity contribution in [3.05, 3.63) is 16.8 Å². The minimum absolute atomic E-state index is 0.230. The molecule has 1 aliphatic carbocycles. The van der Waals surface area contributed by atoms with Gasteiger partial charge in [0.25, 0.3) is 5.88 Å². The zero-order valence-electron chi connectivity index (χ0n) is 8.95. The second-order valence-electron chi connectivity index (χ2n) is 3.87. The van der Waals surface area contributed by atoms with Crippen molar-refractivity contribution < 1.29 is 4.74 Å². The second kappa shape index (κ2) is 3.85. The highest BCUT2D eigenvalue weighted by Crippen LogP contribution is 2.27. The SMILES string of the molecule is Cc1nnc(OC2CCC2)c(C#N)c1C. The Kier molecular flexibility index (Phi) is 2.55. The average Bonchev–Trinajstić information content (AvgIpc) is 2.17. The van der Waals surface area contributed by atoms with Crippen LogP contribution in [0.1, 0.15) is 36.1 Å².